The fourth-order valence-corrected chi connectivity index (χ4v) is 3.33. The van der Waals surface area contributed by atoms with Gasteiger partial charge in [0.15, 0.2) is 11.6 Å². The van der Waals surface area contributed by atoms with E-state index in [0.717, 1.165) is 0 Å². The first-order valence-electron chi connectivity index (χ1n) is 6.99. The van der Waals surface area contributed by atoms with E-state index in [1.165, 1.54) is 4.90 Å². The molecule has 3 rings (SSSR count). The summed E-state index contributed by atoms with van der Waals surface area (Å²) >= 11 is 0. The fourth-order valence-electron chi connectivity index (χ4n) is 3.33. The maximum absolute atomic E-state index is 12.3. The van der Waals surface area contributed by atoms with Crippen LogP contribution in [0.3, 0.4) is 0 Å². The summed E-state index contributed by atoms with van der Waals surface area (Å²) in [6.45, 7) is 9.07. The van der Waals surface area contributed by atoms with Crippen LogP contribution in [-0.4, -0.2) is 52.5 Å². The van der Waals surface area contributed by atoms with E-state index in [1.54, 1.807) is 0 Å². The van der Waals surface area contributed by atoms with Crippen molar-refractivity contribution in [1.82, 2.24) is 4.90 Å². The summed E-state index contributed by atoms with van der Waals surface area (Å²) in [4.78, 5) is 25.9. The molecule has 0 aromatic heterocycles. The van der Waals surface area contributed by atoms with Crippen molar-refractivity contribution in [3.63, 3.8) is 0 Å². The number of hydrogen-bond donors (Lipinski definition) is 0. The lowest BCUT2D eigenvalue weighted by atomic mass is 9.94. The van der Waals surface area contributed by atoms with Gasteiger partial charge in [-0.05, 0) is 34.6 Å². The van der Waals surface area contributed by atoms with Crippen molar-refractivity contribution < 1.29 is 23.8 Å². The van der Waals surface area contributed by atoms with Gasteiger partial charge in [-0.2, -0.15) is 0 Å². The first kappa shape index (κ1) is 13.8. The molecule has 3 saturated heterocycles. The molecule has 6 nitrogen and oxygen atoms in total. The number of Topliss-reactive ketones (excluding diaryl/α,β-unsaturated/α-hetero) is 1. The molecule has 0 aliphatic carbocycles. The highest BCUT2D eigenvalue weighted by atomic mass is 16.8. The smallest absolute Gasteiger partial charge is 0.411 e. The van der Waals surface area contributed by atoms with Gasteiger partial charge in [-0.3, -0.25) is 9.69 Å². The molecule has 0 N–H and O–H groups in total. The Hall–Kier alpha value is -1.14. The topological polar surface area (TPSA) is 65.1 Å². The van der Waals surface area contributed by atoms with Crippen LogP contribution in [0.25, 0.3) is 0 Å². The van der Waals surface area contributed by atoms with Crippen molar-refractivity contribution >= 4 is 11.9 Å². The number of carbonyl (C=O) groups is 2. The first-order chi connectivity index (χ1) is 9.09. The molecule has 0 saturated carbocycles. The third kappa shape index (κ3) is 2.02. The van der Waals surface area contributed by atoms with Crippen LogP contribution in [0.2, 0.25) is 0 Å². The molecule has 0 aromatic carbocycles. The number of fused-ring (bicyclic) bond motifs is 5. The second-order valence-corrected chi connectivity index (χ2v) is 7.13. The van der Waals surface area contributed by atoms with E-state index < -0.39 is 23.5 Å². The summed E-state index contributed by atoms with van der Waals surface area (Å²) in [7, 11) is 0. The summed E-state index contributed by atoms with van der Waals surface area (Å²) in [6.07, 6.45) is -0.744. The highest BCUT2D eigenvalue weighted by Gasteiger charge is 2.66. The SMILES string of the molecule is CC(C)(C)OC(=O)N1[C@@H]2CC(=O)[C@H]1[C@@H]1OC(C)(C)O[C@@H]12. The third-order valence-electron chi connectivity index (χ3n) is 3.86. The quantitative estimate of drug-likeness (QED) is 0.673. The minimum Gasteiger partial charge on any atom is -0.444 e. The number of rotatable bonds is 0. The largest absolute Gasteiger partial charge is 0.444 e. The van der Waals surface area contributed by atoms with Gasteiger partial charge in [0.1, 0.15) is 23.9 Å². The van der Waals surface area contributed by atoms with Crippen molar-refractivity contribution in [3.05, 3.63) is 0 Å². The van der Waals surface area contributed by atoms with Crippen molar-refractivity contribution in [2.75, 3.05) is 0 Å². The Kier molecular flexibility index (Phi) is 2.73. The van der Waals surface area contributed by atoms with Crippen LogP contribution in [0.1, 0.15) is 41.0 Å². The molecule has 2 bridgehead atoms. The average molecular weight is 283 g/mol. The molecule has 3 fully saturated rings. The van der Waals surface area contributed by atoms with Crippen molar-refractivity contribution in [2.24, 2.45) is 0 Å². The molecule has 0 unspecified atom stereocenters. The van der Waals surface area contributed by atoms with E-state index >= 15 is 0 Å². The number of nitrogens with zero attached hydrogens (tertiary/aromatic N) is 1. The molecule has 112 valence electrons. The van der Waals surface area contributed by atoms with Crippen LogP contribution in [0, 0.1) is 0 Å². The molecule has 0 spiro atoms. The third-order valence-corrected chi connectivity index (χ3v) is 3.86. The Morgan fingerprint density at radius 3 is 2.50 bits per heavy atom. The van der Waals surface area contributed by atoms with E-state index in [2.05, 4.69) is 0 Å². The van der Waals surface area contributed by atoms with Gasteiger partial charge in [0.2, 0.25) is 0 Å². The van der Waals surface area contributed by atoms with Crippen LogP contribution in [0.15, 0.2) is 0 Å². The number of carbonyl (C=O) groups excluding carboxylic acids is 2. The molecule has 0 aromatic rings. The van der Waals surface area contributed by atoms with Gasteiger partial charge in [-0.15, -0.1) is 0 Å². The number of ether oxygens (including phenoxy) is 3. The van der Waals surface area contributed by atoms with Gasteiger partial charge >= 0.3 is 6.09 Å². The van der Waals surface area contributed by atoms with Gasteiger partial charge in [0.25, 0.3) is 0 Å². The summed E-state index contributed by atoms with van der Waals surface area (Å²) in [5, 5.41) is 0. The van der Waals surface area contributed by atoms with E-state index in [-0.39, 0.29) is 24.0 Å². The maximum Gasteiger partial charge on any atom is 0.411 e. The van der Waals surface area contributed by atoms with Crippen LogP contribution < -0.4 is 0 Å². The number of ketones is 1. The second kappa shape index (κ2) is 3.95. The predicted octanol–water partition coefficient (Wildman–Crippen LogP) is 1.47. The summed E-state index contributed by atoms with van der Waals surface area (Å²) in [6, 6.07) is -0.837. The monoisotopic (exact) mass is 283 g/mol. The zero-order chi connectivity index (χ0) is 14.9. The molecule has 3 aliphatic rings. The van der Waals surface area contributed by atoms with Gasteiger partial charge in [0, 0.05) is 6.42 Å². The lowest BCUT2D eigenvalue weighted by Gasteiger charge is -2.29. The Morgan fingerprint density at radius 1 is 1.30 bits per heavy atom. The lowest BCUT2D eigenvalue weighted by molar-refractivity contribution is -0.162. The average Bonchev–Trinajstić information content (AvgIpc) is 2.79. The van der Waals surface area contributed by atoms with Crippen molar-refractivity contribution in [2.45, 2.75) is 76.7 Å². The first-order valence-corrected chi connectivity index (χ1v) is 6.99. The van der Waals surface area contributed by atoms with Crippen LogP contribution in [0.4, 0.5) is 4.79 Å². The van der Waals surface area contributed by atoms with Gasteiger partial charge in [-0.1, -0.05) is 0 Å². The standard InChI is InChI=1S/C14H21NO5/c1-13(2,3)20-12(17)15-7-6-8(16)9(15)11-10(7)18-14(4,5)19-11/h7,9-11H,6H2,1-5H3/t7-,9+,10-,11+/m1/s1. The molecule has 4 atom stereocenters. The normalized spacial score (nSPS) is 38.2. The van der Waals surface area contributed by atoms with E-state index in [1.807, 2.05) is 34.6 Å². The molecular formula is C14H21NO5. The Balaban J connectivity index is 1.83. The van der Waals surface area contributed by atoms with Crippen molar-refractivity contribution in [3.8, 4) is 0 Å². The second-order valence-electron chi connectivity index (χ2n) is 7.13. The molecule has 6 heteroatoms. The Bertz CT molecular complexity index is 467. The Morgan fingerprint density at radius 2 is 1.90 bits per heavy atom. The van der Waals surface area contributed by atoms with Crippen LogP contribution >= 0.6 is 0 Å². The highest BCUT2D eigenvalue weighted by Crippen LogP contribution is 2.46. The summed E-state index contributed by atoms with van der Waals surface area (Å²) < 4.78 is 17.0. The summed E-state index contributed by atoms with van der Waals surface area (Å²) in [5.41, 5.74) is -0.585. The molecule has 0 radical (unpaired) electrons. The highest BCUT2D eigenvalue weighted by molar-refractivity contribution is 5.94. The van der Waals surface area contributed by atoms with Gasteiger partial charge in [-0.25, -0.2) is 4.79 Å². The van der Waals surface area contributed by atoms with Crippen LogP contribution in [0.5, 0.6) is 0 Å². The molecule has 20 heavy (non-hydrogen) atoms. The van der Waals surface area contributed by atoms with Gasteiger partial charge < -0.3 is 14.2 Å². The number of hydrogen-bond acceptors (Lipinski definition) is 5. The predicted molar refractivity (Wildman–Crippen MR) is 69.1 cm³/mol. The number of amides is 1. The summed E-state index contributed by atoms with van der Waals surface area (Å²) in [5.74, 6) is -0.667. The minimum atomic E-state index is -0.698. The maximum atomic E-state index is 12.3. The van der Waals surface area contributed by atoms with E-state index in [4.69, 9.17) is 14.2 Å². The van der Waals surface area contributed by atoms with Gasteiger partial charge in [0.05, 0.1) is 6.04 Å². The van der Waals surface area contributed by atoms with Crippen LogP contribution in [-0.2, 0) is 19.0 Å². The zero-order valence-electron chi connectivity index (χ0n) is 12.5. The molecule has 3 heterocycles. The lowest BCUT2D eigenvalue weighted by Crippen LogP contribution is -2.45. The van der Waals surface area contributed by atoms with E-state index in [9.17, 15) is 9.59 Å². The fraction of sp³-hybridized carbons (Fsp3) is 0.857. The molecule has 3 aliphatic heterocycles. The minimum absolute atomic E-state index is 0.0309. The van der Waals surface area contributed by atoms with E-state index in [0.29, 0.717) is 6.42 Å². The Labute approximate surface area is 118 Å². The molecule has 1 amide bonds. The van der Waals surface area contributed by atoms with Crippen molar-refractivity contribution in [1.29, 1.82) is 0 Å². The molecular weight excluding hydrogens is 262 g/mol. The zero-order valence-corrected chi connectivity index (χ0v) is 12.5.